The topological polar surface area (TPSA) is 55.8 Å². The first-order chi connectivity index (χ1) is 15.1. The van der Waals surface area contributed by atoms with Crippen LogP contribution < -0.4 is 10.2 Å². The number of phenols is 1. The Kier molecular flexibility index (Phi) is 6.73. The number of nitrogens with zero attached hydrogens (tertiary/aromatic N) is 2. The monoisotopic (exact) mass is 417 g/mol. The standard InChI is InChI=1S/C26H31N3O2/c1-20-7-6-10-23(17-20)29-15-13-28(14-16-29)12-5-4-11-27-26(31)24-18-21-8-2-3-9-22(21)19-25(24)30/h2-3,6-10,17-19,30H,4-5,11-16H2,1H3,(H,27,31). The van der Waals surface area contributed by atoms with Crippen LogP contribution in [0.25, 0.3) is 10.8 Å². The number of aromatic hydroxyl groups is 1. The number of anilines is 1. The predicted octanol–water partition coefficient (Wildman–Crippen LogP) is 4.19. The lowest BCUT2D eigenvalue weighted by molar-refractivity contribution is 0.0950. The summed E-state index contributed by atoms with van der Waals surface area (Å²) < 4.78 is 0. The van der Waals surface area contributed by atoms with E-state index in [0.717, 1.165) is 56.3 Å². The van der Waals surface area contributed by atoms with Crippen molar-refractivity contribution in [2.45, 2.75) is 19.8 Å². The van der Waals surface area contributed by atoms with E-state index in [4.69, 9.17) is 0 Å². The Morgan fingerprint density at radius 2 is 1.68 bits per heavy atom. The van der Waals surface area contributed by atoms with Gasteiger partial charge in [0.2, 0.25) is 0 Å². The molecule has 0 radical (unpaired) electrons. The van der Waals surface area contributed by atoms with Crippen LogP contribution in [0.15, 0.2) is 60.7 Å². The molecule has 31 heavy (non-hydrogen) atoms. The van der Waals surface area contributed by atoms with Gasteiger partial charge in [0.05, 0.1) is 5.56 Å². The van der Waals surface area contributed by atoms with Gasteiger partial charge in [-0.05, 0) is 66.9 Å². The fourth-order valence-corrected chi connectivity index (χ4v) is 4.22. The number of benzene rings is 3. The maximum absolute atomic E-state index is 12.5. The Bertz CT molecular complexity index is 1040. The minimum Gasteiger partial charge on any atom is -0.507 e. The molecule has 5 heteroatoms. The van der Waals surface area contributed by atoms with Crippen molar-refractivity contribution < 1.29 is 9.90 Å². The lowest BCUT2D eigenvalue weighted by Crippen LogP contribution is -2.46. The van der Waals surface area contributed by atoms with Crippen LogP contribution in [0.1, 0.15) is 28.8 Å². The summed E-state index contributed by atoms with van der Waals surface area (Å²) in [6.45, 7) is 8.08. The van der Waals surface area contributed by atoms with Crippen LogP contribution in [0.2, 0.25) is 0 Å². The molecule has 0 unspecified atom stereocenters. The van der Waals surface area contributed by atoms with Crippen molar-refractivity contribution in [1.82, 2.24) is 10.2 Å². The van der Waals surface area contributed by atoms with E-state index in [1.54, 1.807) is 12.1 Å². The summed E-state index contributed by atoms with van der Waals surface area (Å²) in [6.07, 6.45) is 1.98. The van der Waals surface area contributed by atoms with Crippen molar-refractivity contribution in [2.75, 3.05) is 44.2 Å². The third-order valence-electron chi connectivity index (χ3n) is 6.03. The van der Waals surface area contributed by atoms with Gasteiger partial charge in [0, 0.05) is 38.4 Å². The van der Waals surface area contributed by atoms with Gasteiger partial charge in [-0.15, -0.1) is 0 Å². The molecule has 1 saturated heterocycles. The molecule has 3 aromatic carbocycles. The highest BCUT2D eigenvalue weighted by Gasteiger charge is 2.17. The van der Waals surface area contributed by atoms with Crippen molar-refractivity contribution >= 4 is 22.4 Å². The molecule has 0 aromatic heterocycles. The summed E-state index contributed by atoms with van der Waals surface area (Å²) in [5.74, 6) is -0.183. The van der Waals surface area contributed by atoms with Gasteiger partial charge in [-0.1, -0.05) is 36.4 Å². The first-order valence-corrected chi connectivity index (χ1v) is 11.1. The van der Waals surface area contributed by atoms with E-state index in [-0.39, 0.29) is 11.7 Å². The van der Waals surface area contributed by atoms with E-state index in [0.29, 0.717) is 12.1 Å². The maximum Gasteiger partial charge on any atom is 0.255 e. The normalized spacial score (nSPS) is 14.7. The molecule has 1 aliphatic rings. The maximum atomic E-state index is 12.5. The van der Waals surface area contributed by atoms with Crippen molar-refractivity contribution in [1.29, 1.82) is 0 Å². The molecule has 3 aromatic rings. The van der Waals surface area contributed by atoms with Crippen molar-refractivity contribution in [2.24, 2.45) is 0 Å². The molecule has 5 nitrogen and oxygen atoms in total. The van der Waals surface area contributed by atoms with Crippen molar-refractivity contribution in [3.05, 3.63) is 71.8 Å². The molecule has 4 rings (SSSR count). The van der Waals surface area contributed by atoms with Gasteiger partial charge >= 0.3 is 0 Å². The van der Waals surface area contributed by atoms with Crippen molar-refractivity contribution in [3.8, 4) is 5.75 Å². The molecular weight excluding hydrogens is 386 g/mol. The van der Waals surface area contributed by atoms with Crippen LogP contribution in [0.4, 0.5) is 5.69 Å². The van der Waals surface area contributed by atoms with Gasteiger partial charge in [0.1, 0.15) is 5.75 Å². The molecule has 1 fully saturated rings. The number of hydrogen-bond donors (Lipinski definition) is 2. The van der Waals surface area contributed by atoms with Crippen molar-refractivity contribution in [3.63, 3.8) is 0 Å². The van der Waals surface area contributed by atoms with Crippen LogP contribution in [-0.4, -0.2) is 55.2 Å². The number of piperazine rings is 1. The minimum atomic E-state index is -0.213. The van der Waals surface area contributed by atoms with E-state index >= 15 is 0 Å². The Morgan fingerprint density at radius 1 is 0.935 bits per heavy atom. The average Bonchev–Trinajstić information content (AvgIpc) is 2.78. The fraction of sp³-hybridized carbons (Fsp3) is 0.346. The van der Waals surface area contributed by atoms with Gasteiger partial charge < -0.3 is 15.3 Å². The molecule has 1 heterocycles. The van der Waals surface area contributed by atoms with E-state index < -0.39 is 0 Å². The molecule has 0 saturated carbocycles. The third-order valence-corrected chi connectivity index (χ3v) is 6.03. The van der Waals surface area contributed by atoms with Gasteiger partial charge in [0.25, 0.3) is 5.91 Å². The Hall–Kier alpha value is -3.05. The predicted molar refractivity (Wildman–Crippen MR) is 127 cm³/mol. The molecule has 0 bridgehead atoms. The van der Waals surface area contributed by atoms with Gasteiger partial charge in [-0.3, -0.25) is 9.69 Å². The van der Waals surface area contributed by atoms with E-state index in [1.165, 1.54) is 11.3 Å². The van der Waals surface area contributed by atoms with Gasteiger partial charge in [-0.25, -0.2) is 0 Å². The summed E-state index contributed by atoms with van der Waals surface area (Å²) in [7, 11) is 0. The third kappa shape index (κ3) is 5.36. The second-order valence-corrected chi connectivity index (χ2v) is 8.35. The molecule has 1 aliphatic heterocycles. The molecule has 0 aliphatic carbocycles. The molecule has 0 atom stereocenters. The number of hydrogen-bond acceptors (Lipinski definition) is 4. The van der Waals surface area contributed by atoms with Crippen LogP contribution in [0, 0.1) is 6.92 Å². The molecule has 0 spiro atoms. The Balaban J connectivity index is 1.17. The van der Waals surface area contributed by atoms with E-state index in [2.05, 4.69) is 46.3 Å². The largest absolute Gasteiger partial charge is 0.507 e. The lowest BCUT2D eigenvalue weighted by atomic mass is 10.1. The van der Waals surface area contributed by atoms with Crippen LogP contribution in [0.5, 0.6) is 5.75 Å². The molecular formula is C26H31N3O2. The van der Waals surface area contributed by atoms with Crippen LogP contribution in [-0.2, 0) is 0 Å². The average molecular weight is 418 g/mol. The summed E-state index contributed by atoms with van der Waals surface area (Å²) in [6, 6.07) is 19.9. The number of carbonyl (C=O) groups excluding carboxylic acids is 1. The van der Waals surface area contributed by atoms with Crippen LogP contribution >= 0.6 is 0 Å². The SMILES string of the molecule is Cc1cccc(N2CCN(CCCCNC(=O)c3cc4ccccc4cc3O)CC2)c1. The quantitative estimate of drug-likeness (QED) is 0.566. The number of aryl methyl sites for hydroxylation is 1. The summed E-state index contributed by atoms with van der Waals surface area (Å²) >= 11 is 0. The number of phenolic OH excluding ortho intramolecular Hbond substituents is 1. The highest BCUT2D eigenvalue weighted by molar-refractivity contribution is 6.01. The summed E-state index contributed by atoms with van der Waals surface area (Å²) in [4.78, 5) is 17.4. The van der Waals surface area contributed by atoms with Crippen LogP contribution in [0.3, 0.4) is 0 Å². The molecule has 1 amide bonds. The first-order valence-electron chi connectivity index (χ1n) is 11.1. The zero-order valence-corrected chi connectivity index (χ0v) is 18.2. The highest BCUT2D eigenvalue weighted by atomic mass is 16.3. The molecule has 162 valence electrons. The number of unbranched alkanes of at least 4 members (excludes halogenated alkanes) is 1. The zero-order valence-electron chi connectivity index (χ0n) is 18.2. The number of rotatable bonds is 7. The Labute approximate surface area is 184 Å². The second-order valence-electron chi connectivity index (χ2n) is 8.35. The smallest absolute Gasteiger partial charge is 0.255 e. The number of amides is 1. The summed E-state index contributed by atoms with van der Waals surface area (Å²) in [5, 5.41) is 15.0. The van der Waals surface area contributed by atoms with E-state index in [1.807, 2.05) is 24.3 Å². The second kappa shape index (κ2) is 9.84. The number of nitrogens with one attached hydrogen (secondary N) is 1. The number of carbonyl (C=O) groups is 1. The highest BCUT2D eigenvalue weighted by Crippen LogP contribution is 2.25. The van der Waals surface area contributed by atoms with Gasteiger partial charge in [-0.2, -0.15) is 0 Å². The fourth-order valence-electron chi connectivity index (χ4n) is 4.22. The molecule has 2 N–H and O–H groups in total. The first kappa shape index (κ1) is 21.2. The van der Waals surface area contributed by atoms with Gasteiger partial charge in [0.15, 0.2) is 0 Å². The summed E-state index contributed by atoms with van der Waals surface area (Å²) in [5.41, 5.74) is 2.96. The lowest BCUT2D eigenvalue weighted by Gasteiger charge is -2.36. The Morgan fingerprint density at radius 3 is 2.42 bits per heavy atom. The zero-order chi connectivity index (χ0) is 21.6. The minimum absolute atomic E-state index is 0.0303. The van der Waals surface area contributed by atoms with E-state index in [9.17, 15) is 9.90 Å². The number of fused-ring (bicyclic) bond motifs is 1.